The number of aromatic nitrogens is 1. The molecule has 1 rings (SSSR count). The van der Waals surface area contributed by atoms with Gasteiger partial charge in [-0.2, -0.15) is 0 Å². The first-order valence-electron chi connectivity index (χ1n) is 6.46. The van der Waals surface area contributed by atoms with E-state index >= 15 is 0 Å². The van der Waals surface area contributed by atoms with Gasteiger partial charge in [0.05, 0.1) is 12.3 Å². The van der Waals surface area contributed by atoms with Gasteiger partial charge in [-0.25, -0.2) is 9.59 Å². The molecule has 2 amide bonds. The second-order valence-corrected chi connectivity index (χ2v) is 4.03. The smallest absolute Gasteiger partial charge is 0.342 e. The molecular weight excluding hydrogens is 246 g/mol. The number of anilines is 1. The minimum Gasteiger partial charge on any atom is -0.462 e. The van der Waals surface area contributed by atoms with E-state index in [-0.39, 0.29) is 6.03 Å². The van der Waals surface area contributed by atoms with Crippen LogP contribution >= 0.6 is 0 Å². The van der Waals surface area contributed by atoms with Crippen LogP contribution < -0.4 is 5.32 Å². The van der Waals surface area contributed by atoms with Gasteiger partial charge in [0.2, 0.25) is 0 Å². The van der Waals surface area contributed by atoms with Crippen LogP contribution in [0.15, 0.2) is 6.20 Å². The molecule has 0 unspecified atom stereocenters. The zero-order chi connectivity index (χ0) is 14.4. The van der Waals surface area contributed by atoms with Crippen molar-refractivity contribution in [2.75, 3.05) is 25.0 Å². The van der Waals surface area contributed by atoms with Gasteiger partial charge in [-0.15, -0.1) is 0 Å². The highest BCUT2D eigenvalue weighted by Gasteiger charge is 2.20. The Labute approximate surface area is 113 Å². The second-order valence-electron chi connectivity index (χ2n) is 4.03. The van der Waals surface area contributed by atoms with Crippen molar-refractivity contribution in [3.8, 4) is 0 Å². The Morgan fingerprint density at radius 1 is 1.32 bits per heavy atom. The van der Waals surface area contributed by atoms with Crippen LogP contribution in [0.5, 0.6) is 0 Å². The van der Waals surface area contributed by atoms with E-state index < -0.39 is 5.97 Å². The molecule has 2 N–H and O–H groups in total. The predicted molar refractivity (Wildman–Crippen MR) is 73.4 cm³/mol. The van der Waals surface area contributed by atoms with E-state index in [2.05, 4.69) is 10.3 Å². The Kier molecular flexibility index (Phi) is 5.41. The van der Waals surface area contributed by atoms with Crippen LogP contribution in [0.2, 0.25) is 0 Å². The number of carbonyl (C=O) groups is 2. The SMILES string of the molecule is CCOC(=O)c1c(NC(=O)N(CC)CC)c[nH]c1C. The van der Waals surface area contributed by atoms with Crippen molar-refractivity contribution in [2.24, 2.45) is 0 Å². The molecule has 0 radical (unpaired) electrons. The fourth-order valence-electron chi connectivity index (χ4n) is 1.80. The third-order valence-electron chi connectivity index (χ3n) is 2.85. The molecule has 0 aliphatic rings. The number of ether oxygens (including phenoxy) is 1. The predicted octanol–water partition coefficient (Wildman–Crippen LogP) is 2.37. The van der Waals surface area contributed by atoms with Gasteiger partial charge < -0.3 is 19.9 Å². The molecule has 0 aliphatic carbocycles. The Morgan fingerprint density at radius 2 is 1.95 bits per heavy atom. The Bertz CT molecular complexity index is 450. The molecule has 0 saturated carbocycles. The van der Waals surface area contributed by atoms with Gasteiger partial charge in [-0.1, -0.05) is 0 Å². The molecule has 1 aromatic rings. The molecule has 106 valence electrons. The third-order valence-corrected chi connectivity index (χ3v) is 2.85. The fraction of sp³-hybridized carbons (Fsp3) is 0.538. The minimum atomic E-state index is -0.434. The molecule has 0 aromatic carbocycles. The maximum Gasteiger partial charge on any atom is 0.342 e. The highest BCUT2D eigenvalue weighted by Crippen LogP contribution is 2.20. The van der Waals surface area contributed by atoms with Crippen molar-refractivity contribution >= 4 is 17.7 Å². The molecular formula is C13H21N3O3. The summed E-state index contributed by atoms with van der Waals surface area (Å²) in [4.78, 5) is 28.4. The summed E-state index contributed by atoms with van der Waals surface area (Å²) in [6.07, 6.45) is 1.60. The van der Waals surface area contributed by atoms with Crippen LogP contribution in [0.1, 0.15) is 36.8 Å². The lowest BCUT2D eigenvalue weighted by Gasteiger charge is -2.19. The van der Waals surface area contributed by atoms with Gasteiger partial charge >= 0.3 is 12.0 Å². The van der Waals surface area contributed by atoms with Crippen molar-refractivity contribution in [1.29, 1.82) is 0 Å². The molecule has 6 nitrogen and oxygen atoms in total. The van der Waals surface area contributed by atoms with E-state index in [1.54, 1.807) is 24.9 Å². The lowest BCUT2D eigenvalue weighted by atomic mass is 10.2. The molecule has 0 atom stereocenters. The molecule has 1 heterocycles. The van der Waals surface area contributed by atoms with Crippen LogP contribution in [-0.4, -0.2) is 41.6 Å². The highest BCUT2D eigenvalue weighted by molar-refractivity contribution is 6.01. The maximum atomic E-state index is 12.0. The largest absolute Gasteiger partial charge is 0.462 e. The molecule has 19 heavy (non-hydrogen) atoms. The van der Waals surface area contributed by atoms with Crippen LogP contribution in [0.25, 0.3) is 0 Å². The zero-order valence-electron chi connectivity index (χ0n) is 11.9. The molecule has 0 aliphatic heterocycles. The number of hydrogen-bond acceptors (Lipinski definition) is 3. The molecule has 0 bridgehead atoms. The van der Waals surface area contributed by atoms with Gasteiger partial charge in [0, 0.05) is 25.0 Å². The summed E-state index contributed by atoms with van der Waals surface area (Å²) >= 11 is 0. The van der Waals surface area contributed by atoms with E-state index in [1.165, 1.54) is 0 Å². The summed E-state index contributed by atoms with van der Waals surface area (Å²) in [5.41, 5.74) is 1.50. The summed E-state index contributed by atoms with van der Waals surface area (Å²) in [5.74, 6) is -0.434. The average molecular weight is 267 g/mol. The standard InChI is InChI=1S/C13H21N3O3/c1-5-16(6-2)13(18)15-10-8-14-9(4)11(10)12(17)19-7-3/h8,14H,5-7H2,1-4H3,(H,15,18). The average Bonchev–Trinajstić information content (AvgIpc) is 2.72. The number of carbonyl (C=O) groups excluding carboxylic acids is 2. The first kappa shape index (κ1) is 15.1. The van der Waals surface area contributed by atoms with Gasteiger partial charge in [0.25, 0.3) is 0 Å². The van der Waals surface area contributed by atoms with E-state index in [9.17, 15) is 9.59 Å². The number of urea groups is 1. The molecule has 0 saturated heterocycles. The Morgan fingerprint density at radius 3 is 2.47 bits per heavy atom. The number of esters is 1. The molecule has 0 fully saturated rings. The van der Waals surface area contributed by atoms with Crippen molar-refractivity contribution in [3.63, 3.8) is 0 Å². The molecule has 6 heteroatoms. The van der Waals surface area contributed by atoms with Crippen LogP contribution in [0, 0.1) is 6.92 Å². The normalized spacial score (nSPS) is 10.1. The van der Waals surface area contributed by atoms with Gasteiger partial charge in [-0.3, -0.25) is 0 Å². The molecule has 1 aromatic heterocycles. The van der Waals surface area contributed by atoms with Gasteiger partial charge in [0.1, 0.15) is 5.56 Å². The lowest BCUT2D eigenvalue weighted by Crippen LogP contribution is -2.34. The summed E-state index contributed by atoms with van der Waals surface area (Å²) in [6, 6.07) is -0.227. The maximum absolute atomic E-state index is 12.0. The van der Waals surface area contributed by atoms with E-state index in [4.69, 9.17) is 4.74 Å². The summed E-state index contributed by atoms with van der Waals surface area (Å²) < 4.78 is 4.98. The fourth-order valence-corrected chi connectivity index (χ4v) is 1.80. The molecule has 0 spiro atoms. The van der Waals surface area contributed by atoms with Crippen molar-refractivity contribution in [3.05, 3.63) is 17.5 Å². The van der Waals surface area contributed by atoms with E-state index in [0.29, 0.717) is 36.6 Å². The van der Waals surface area contributed by atoms with Crippen molar-refractivity contribution in [2.45, 2.75) is 27.7 Å². The Hall–Kier alpha value is -1.98. The van der Waals surface area contributed by atoms with Crippen molar-refractivity contribution in [1.82, 2.24) is 9.88 Å². The first-order valence-corrected chi connectivity index (χ1v) is 6.46. The first-order chi connectivity index (χ1) is 9.04. The zero-order valence-corrected chi connectivity index (χ0v) is 11.9. The lowest BCUT2D eigenvalue weighted by molar-refractivity contribution is 0.0527. The third kappa shape index (κ3) is 3.49. The topological polar surface area (TPSA) is 74.4 Å². The van der Waals surface area contributed by atoms with Gasteiger partial charge in [0.15, 0.2) is 0 Å². The van der Waals surface area contributed by atoms with Crippen molar-refractivity contribution < 1.29 is 14.3 Å². The van der Waals surface area contributed by atoms with E-state index in [0.717, 1.165) is 0 Å². The van der Waals surface area contributed by atoms with Crippen LogP contribution in [0.3, 0.4) is 0 Å². The summed E-state index contributed by atoms with van der Waals surface area (Å²) in [5, 5.41) is 2.73. The van der Waals surface area contributed by atoms with Crippen LogP contribution in [0.4, 0.5) is 10.5 Å². The quantitative estimate of drug-likeness (QED) is 0.804. The van der Waals surface area contributed by atoms with E-state index in [1.807, 2.05) is 13.8 Å². The summed E-state index contributed by atoms with van der Waals surface area (Å²) in [6.45, 7) is 8.83. The second kappa shape index (κ2) is 6.82. The summed E-state index contributed by atoms with van der Waals surface area (Å²) in [7, 11) is 0. The number of H-pyrrole nitrogens is 1. The number of rotatable bonds is 5. The minimum absolute atomic E-state index is 0.227. The monoisotopic (exact) mass is 267 g/mol. The number of amides is 2. The number of aromatic amines is 1. The van der Waals surface area contributed by atoms with Gasteiger partial charge in [-0.05, 0) is 27.7 Å². The number of hydrogen-bond donors (Lipinski definition) is 2. The number of nitrogens with zero attached hydrogens (tertiary/aromatic N) is 1. The van der Waals surface area contributed by atoms with Crippen LogP contribution in [-0.2, 0) is 4.74 Å². The number of nitrogens with one attached hydrogen (secondary N) is 2. The highest BCUT2D eigenvalue weighted by atomic mass is 16.5. The number of aryl methyl sites for hydroxylation is 1. The Balaban J connectivity index is 2.90.